The van der Waals surface area contributed by atoms with Gasteiger partial charge in [0.05, 0.1) is 85.3 Å². The van der Waals surface area contributed by atoms with E-state index in [1.54, 1.807) is 7.11 Å². The summed E-state index contributed by atoms with van der Waals surface area (Å²) in [6.45, 7) is 11.1. The number of benzene rings is 1. The van der Waals surface area contributed by atoms with Gasteiger partial charge in [-0.2, -0.15) is 4.39 Å². The van der Waals surface area contributed by atoms with Gasteiger partial charge < -0.3 is 59.2 Å². The van der Waals surface area contributed by atoms with Gasteiger partial charge in [0.25, 0.3) is 0 Å². The second kappa shape index (κ2) is 35.9. The summed E-state index contributed by atoms with van der Waals surface area (Å²) in [6, 6.07) is 0.0950. The molecule has 18 heteroatoms. The largest absolute Gasteiger partial charge is 0.420 e. The quantitative estimate of drug-likeness (QED) is 0.0181. The van der Waals surface area contributed by atoms with Gasteiger partial charge in [0.1, 0.15) is 6.10 Å². The summed E-state index contributed by atoms with van der Waals surface area (Å²) in [5.74, 6) is -8.92. The van der Waals surface area contributed by atoms with Crippen molar-refractivity contribution in [3.8, 4) is 5.75 Å². The van der Waals surface area contributed by atoms with Crippen LogP contribution in [-0.4, -0.2) is 140 Å². The molecular formula is C36H61F5N2O11. The van der Waals surface area contributed by atoms with Gasteiger partial charge in [-0.1, -0.05) is 13.8 Å². The van der Waals surface area contributed by atoms with Crippen LogP contribution in [-0.2, 0) is 33.2 Å². The molecule has 0 aliphatic carbocycles. The number of esters is 1. The lowest BCUT2D eigenvalue weighted by molar-refractivity contribution is -0.136. The molecule has 4 atom stereocenters. The van der Waals surface area contributed by atoms with E-state index in [-0.39, 0.29) is 51.6 Å². The highest BCUT2D eigenvalue weighted by Crippen LogP contribution is 2.26. The lowest BCUT2D eigenvalue weighted by Gasteiger charge is -2.30. The molecule has 1 heterocycles. The van der Waals surface area contributed by atoms with Crippen LogP contribution in [0, 0.1) is 34.6 Å². The standard InChI is InChI=1S/C26H39F4NO7.C8H16O4.CH3F.CH3N/c1-4-19(2)20(5-8-33-3)18-31-7-10-35-12-14-37-16-15-36-13-11-34-9-6-23(32)38-26-22(28)17-21(27)24(29)25(26)30;9-3-1-2-6-4-7(10)8(11)5-12-6;2*1-2/h17-19,31H,4-16H2,1-3H3;6-11H,1-5H2;1H3;2H,1H2/b20-18-;;;. The molecule has 5 N–H and O–H groups in total. The zero-order valence-electron chi connectivity index (χ0n) is 31.9. The van der Waals surface area contributed by atoms with Gasteiger partial charge in [-0.15, -0.1) is 0 Å². The number of carbonyl (C=O) groups excluding carboxylic acids is 1. The molecule has 2 rings (SSSR count). The van der Waals surface area contributed by atoms with Crippen LogP contribution in [0.3, 0.4) is 0 Å². The Balaban J connectivity index is 0. The second-order valence-electron chi connectivity index (χ2n) is 11.4. The van der Waals surface area contributed by atoms with Gasteiger partial charge in [0.2, 0.25) is 11.6 Å². The van der Waals surface area contributed by atoms with E-state index in [0.717, 1.165) is 19.3 Å². The molecule has 1 aromatic rings. The van der Waals surface area contributed by atoms with E-state index in [1.807, 2.05) is 0 Å². The normalized spacial score (nSPS) is 17.2. The van der Waals surface area contributed by atoms with E-state index in [1.165, 1.54) is 5.57 Å². The number of methoxy groups -OCH3 is 1. The Morgan fingerprint density at radius 2 is 1.50 bits per heavy atom. The maximum atomic E-state index is 13.5. The fraction of sp³-hybridized carbons (Fsp3) is 0.722. The van der Waals surface area contributed by atoms with E-state index in [9.17, 15) is 31.9 Å². The molecule has 0 spiro atoms. The van der Waals surface area contributed by atoms with Crippen molar-refractivity contribution >= 4 is 12.7 Å². The molecule has 1 aliphatic rings. The Bertz CT molecular complexity index is 1110. The number of hydrogen-bond donors (Lipinski definition) is 5. The van der Waals surface area contributed by atoms with Gasteiger partial charge in [-0.25, -0.2) is 13.2 Å². The van der Waals surface area contributed by atoms with Crippen molar-refractivity contribution in [2.45, 2.75) is 70.7 Å². The summed E-state index contributed by atoms with van der Waals surface area (Å²) in [5.41, 5.74) is 1.33. The Hall–Kier alpha value is -2.81. The predicted molar refractivity (Wildman–Crippen MR) is 191 cm³/mol. The molecule has 54 heavy (non-hydrogen) atoms. The fourth-order valence-electron chi connectivity index (χ4n) is 4.36. The number of rotatable bonds is 25. The van der Waals surface area contributed by atoms with Crippen molar-refractivity contribution in [2.75, 3.05) is 93.5 Å². The average Bonchev–Trinajstić information content (AvgIpc) is 3.18. The lowest BCUT2D eigenvalue weighted by Crippen LogP contribution is -2.41. The van der Waals surface area contributed by atoms with Crippen LogP contribution in [0.2, 0.25) is 0 Å². The Morgan fingerprint density at radius 3 is 2.04 bits per heavy atom. The third kappa shape index (κ3) is 25.3. The summed E-state index contributed by atoms with van der Waals surface area (Å²) in [6.07, 6.45) is 4.19. The minimum atomic E-state index is -1.93. The van der Waals surface area contributed by atoms with Crippen molar-refractivity contribution in [3.63, 3.8) is 0 Å². The van der Waals surface area contributed by atoms with Gasteiger partial charge in [-0.3, -0.25) is 9.18 Å². The first-order valence-corrected chi connectivity index (χ1v) is 17.6. The molecule has 4 unspecified atom stereocenters. The SMILES string of the molecule is C=N.CCC(C)/C(=C\NCCOCCOCCOCCOCCC(=O)Oc1c(F)cc(F)c(F)c1F)CCOC.CF.OCCCC1CC(O)C(O)CO1. The molecule has 0 saturated carbocycles. The summed E-state index contributed by atoms with van der Waals surface area (Å²) in [4.78, 5) is 11.6. The van der Waals surface area contributed by atoms with Crippen molar-refractivity contribution in [1.29, 1.82) is 5.41 Å². The van der Waals surface area contributed by atoms with E-state index >= 15 is 0 Å². The van der Waals surface area contributed by atoms with Crippen molar-refractivity contribution in [3.05, 3.63) is 41.1 Å². The fourth-order valence-corrected chi connectivity index (χ4v) is 4.36. The van der Waals surface area contributed by atoms with E-state index in [4.69, 9.17) is 44.0 Å². The first-order chi connectivity index (χ1) is 26.0. The smallest absolute Gasteiger partial charge is 0.313 e. The third-order valence-corrected chi connectivity index (χ3v) is 7.51. The molecular weight excluding hydrogens is 731 g/mol. The number of halogens is 5. The summed E-state index contributed by atoms with van der Waals surface area (Å²) in [5, 5.41) is 35.7. The predicted octanol–water partition coefficient (Wildman–Crippen LogP) is 4.28. The third-order valence-electron chi connectivity index (χ3n) is 7.51. The van der Waals surface area contributed by atoms with E-state index in [0.29, 0.717) is 72.1 Å². The van der Waals surface area contributed by atoms with Gasteiger partial charge in [0, 0.05) is 39.4 Å². The van der Waals surface area contributed by atoms with Crippen LogP contribution in [0.5, 0.6) is 5.75 Å². The van der Waals surface area contributed by atoms with E-state index in [2.05, 4.69) is 36.8 Å². The molecule has 316 valence electrons. The van der Waals surface area contributed by atoms with Crippen LogP contribution in [0.1, 0.15) is 52.4 Å². The van der Waals surface area contributed by atoms with Crippen LogP contribution in [0.4, 0.5) is 22.0 Å². The molecule has 13 nitrogen and oxygen atoms in total. The van der Waals surface area contributed by atoms with Crippen LogP contribution in [0.25, 0.3) is 0 Å². The number of carbonyl (C=O) groups is 1. The summed E-state index contributed by atoms with van der Waals surface area (Å²) >= 11 is 0. The lowest BCUT2D eigenvalue weighted by atomic mass is 9.97. The Labute approximate surface area is 315 Å². The molecule has 1 fully saturated rings. The number of aliphatic hydroxyl groups excluding tert-OH is 3. The molecule has 1 aliphatic heterocycles. The van der Waals surface area contributed by atoms with E-state index < -0.39 is 47.2 Å². The molecule has 1 saturated heterocycles. The highest BCUT2D eigenvalue weighted by molar-refractivity contribution is 5.72. The summed E-state index contributed by atoms with van der Waals surface area (Å²) in [7, 11) is 2.20. The van der Waals surface area contributed by atoms with Crippen molar-refractivity contribution < 1.29 is 75.2 Å². The number of hydrogen-bond acceptors (Lipinski definition) is 13. The zero-order valence-corrected chi connectivity index (χ0v) is 31.9. The van der Waals surface area contributed by atoms with Crippen LogP contribution < -0.4 is 10.1 Å². The Kier molecular flexibility index (Phi) is 35.4. The maximum absolute atomic E-state index is 13.5. The topological polar surface area (TPSA) is 178 Å². The van der Waals surface area contributed by atoms with Crippen LogP contribution >= 0.6 is 0 Å². The van der Waals surface area contributed by atoms with Crippen molar-refractivity contribution in [1.82, 2.24) is 5.32 Å². The minimum absolute atomic E-state index is 0.00412. The zero-order chi connectivity index (χ0) is 41.1. The number of alkyl halides is 1. The monoisotopic (exact) mass is 792 g/mol. The maximum Gasteiger partial charge on any atom is 0.313 e. The first kappa shape index (κ1) is 53.3. The second-order valence-corrected chi connectivity index (χ2v) is 11.4. The van der Waals surface area contributed by atoms with Gasteiger partial charge in [-0.05, 0) is 50.1 Å². The highest BCUT2D eigenvalue weighted by atomic mass is 19.2. The average molecular weight is 793 g/mol. The van der Waals surface area contributed by atoms with Gasteiger partial charge >= 0.3 is 5.97 Å². The molecule has 0 aromatic heterocycles. The Morgan fingerprint density at radius 1 is 0.926 bits per heavy atom. The summed E-state index contributed by atoms with van der Waals surface area (Å²) < 4.78 is 98.7. The van der Waals surface area contributed by atoms with Crippen molar-refractivity contribution in [2.24, 2.45) is 5.92 Å². The molecule has 0 radical (unpaired) electrons. The number of nitrogens with one attached hydrogen (secondary N) is 2. The van der Waals surface area contributed by atoms with Gasteiger partial charge in [0.15, 0.2) is 17.5 Å². The number of aliphatic hydroxyl groups is 3. The first-order valence-electron chi connectivity index (χ1n) is 17.6. The molecule has 1 aromatic carbocycles. The minimum Gasteiger partial charge on any atom is -0.420 e. The molecule has 0 amide bonds. The number of ether oxygens (including phenoxy) is 7. The highest BCUT2D eigenvalue weighted by Gasteiger charge is 2.27. The van der Waals surface area contributed by atoms with Crippen LogP contribution in [0.15, 0.2) is 17.8 Å². The molecule has 0 bridgehead atoms.